The predicted molar refractivity (Wildman–Crippen MR) is 62.9 cm³/mol. The van der Waals surface area contributed by atoms with Crippen LogP contribution in [0.5, 0.6) is 0 Å². The van der Waals surface area contributed by atoms with E-state index in [4.69, 9.17) is 4.74 Å². The van der Waals surface area contributed by atoms with Gasteiger partial charge in [-0.3, -0.25) is 14.7 Å². The van der Waals surface area contributed by atoms with Gasteiger partial charge in [0.2, 0.25) is 0 Å². The third kappa shape index (κ3) is 2.60. The summed E-state index contributed by atoms with van der Waals surface area (Å²) in [6, 6.07) is 0. The number of fused-ring (bicyclic) bond motifs is 1. The molecule has 2 rings (SSSR count). The molecule has 94 valence electrons. The fourth-order valence-electron chi connectivity index (χ4n) is 2.27. The van der Waals surface area contributed by atoms with Gasteiger partial charge >= 0.3 is 5.97 Å². The van der Waals surface area contributed by atoms with Gasteiger partial charge in [0, 0.05) is 11.3 Å². The summed E-state index contributed by atoms with van der Waals surface area (Å²) in [5.41, 5.74) is 1.79. The van der Waals surface area contributed by atoms with Crippen LogP contribution in [0.25, 0.3) is 0 Å². The quantitative estimate of drug-likeness (QED) is 0.631. The smallest absolute Gasteiger partial charge is 0.327 e. The van der Waals surface area contributed by atoms with Crippen molar-refractivity contribution in [1.82, 2.24) is 9.78 Å². The SMILES string of the molecule is CCOC(=O)Cn1[nH]c2c(c1=O)CCCCC2. The van der Waals surface area contributed by atoms with Crippen LogP contribution < -0.4 is 5.56 Å². The van der Waals surface area contributed by atoms with E-state index < -0.39 is 0 Å². The minimum atomic E-state index is -0.369. The Labute approximate surface area is 99.8 Å². The number of carbonyl (C=O) groups is 1. The number of aryl methyl sites for hydroxylation is 1. The van der Waals surface area contributed by atoms with Crippen LogP contribution in [0.1, 0.15) is 37.4 Å². The van der Waals surface area contributed by atoms with Crippen molar-refractivity contribution < 1.29 is 9.53 Å². The first kappa shape index (κ1) is 12.0. The molecule has 0 amide bonds. The van der Waals surface area contributed by atoms with Gasteiger partial charge < -0.3 is 4.74 Å². The summed E-state index contributed by atoms with van der Waals surface area (Å²) in [6.45, 7) is 2.08. The Balaban J connectivity index is 2.19. The maximum Gasteiger partial charge on any atom is 0.327 e. The Hall–Kier alpha value is -1.52. The zero-order valence-corrected chi connectivity index (χ0v) is 10.1. The largest absolute Gasteiger partial charge is 0.465 e. The van der Waals surface area contributed by atoms with E-state index in [9.17, 15) is 9.59 Å². The second-order valence-electron chi connectivity index (χ2n) is 4.33. The molecule has 1 aliphatic carbocycles. The maximum absolute atomic E-state index is 12.0. The zero-order chi connectivity index (χ0) is 12.3. The molecule has 0 atom stereocenters. The Morgan fingerprint density at radius 3 is 2.88 bits per heavy atom. The van der Waals surface area contributed by atoms with Crippen molar-refractivity contribution in [1.29, 1.82) is 0 Å². The highest BCUT2D eigenvalue weighted by Gasteiger charge is 2.17. The molecule has 1 heterocycles. The highest BCUT2D eigenvalue weighted by molar-refractivity contribution is 5.69. The monoisotopic (exact) mass is 238 g/mol. The van der Waals surface area contributed by atoms with Crippen molar-refractivity contribution in [3.8, 4) is 0 Å². The van der Waals surface area contributed by atoms with Gasteiger partial charge in [0.15, 0.2) is 0 Å². The van der Waals surface area contributed by atoms with Crippen LogP contribution >= 0.6 is 0 Å². The second kappa shape index (κ2) is 5.21. The zero-order valence-electron chi connectivity index (χ0n) is 10.1. The molecule has 0 fully saturated rings. The molecule has 5 nitrogen and oxygen atoms in total. The van der Waals surface area contributed by atoms with E-state index in [0.717, 1.165) is 36.9 Å². The molecule has 0 unspecified atom stereocenters. The molecule has 1 aromatic heterocycles. The van der Waals surface area contributed by atoms with Crippen molar-refractivity contribution in [2.45, 2.75) is 45.6 Å². The number of nitrogens with one attached hydrogen (secondary N) is 1. The first-order valence-corrected chi connectivity index (χ1v) is 6.18. The van der Waals surface area contributed by atoms with Gasteiger partial charge in [-0.2, -0.15) is 0 Å². The number of H-pyrrole nitrogens is 1. The molecule has 1 aromatic rings. The average molecular weight is 238 g/mol. The third-order valence-electron chi connectivity index (χ3n) is 3.08. The topological polar surface area (TPSA) is 64.1 Å². The van der Waals surface area contributed by atoms with Crippen LogP contribution in [0, 0.1) is 0 Å². The van der Waals surface area contributed by atoms with Gasteiger partial charge in [0.25, 0.3) is 5.56 Å². The average Bonchev–Trinajstić information content (AvgIpc) is 2.51. The van der Waals surface area contributed by atoms with Crippen LogP contribution in [0.15, 0.2) is 4.79 Å². The number of nitrogens with zero attached hydrogens (tertiary/aromatic N) is 1. The van der Waals surface area contributed by atoms with E-state index in [1.807, 2.05) is 0 Å². The molecule has 0 aromatic carbocycles. The van der Waals surface area contributed by atoms with Gasteiger partial charge in [-0.05, 0) is 32.6 Å². The van der Waals surface area contributed by atoms with Gasteiger partial charge in [0.05, 0.1) is 6.61 Å². The molecular weight excluding hydrogens is 220 g/mol. The second-order valence-corrected chi connectivity index (χ2v) is 4.33. The minimum absolute atomic E-state index is 0.0142. The summed E-state index contributed by atoms with van der Waals surface area (Å²) < 4.78 is 6.21. The Bertz CT molecular complexity index is 459. The summed E-state index contributed by atoms with van der Waals surface area (Å²) in [4.78, 5) is 23.4. The fourth-order valence-corrected chi connectivity index (χ4v) is 2.27. The fraction of sp³-hybridized carbons (Fsp3) is 0.667. The van der Waals surface area contributed by atoms with Crippen LogP contribution in [-0.4, -0.2) is 22.4 Å². The molecule has 1 aliphatic rings. The molecule has 0 saturated carbocycles. The van der Waals surface area contributed by atoms with E-state index in [-0.39, 0.29) is 18.1 Å². The molecule has 0 aliphatic heterocycles. The molecule has 0 radical (unpaired) electrons. The lowest BCUT2D eigenvalue weighted by Gasteiger charge is -2.02. The number of carbonyl (C=O) groups excluding carboxylic acids is 1. The summed E-state index contributed by atoms with van der Waals surface area (Å²) in [5, 5.41) is 3.03. The summed E-state index contributed by atoms with van der Waals surface area (Å²) in [5.74, 6) is -0.369. The van der Waals surface area contributed by atoms with Crippen molar-refractivity contribution in [3.63, 3.8) is 0 Å². The lowest BCUT2D eigenvalue weighted by Crippen LogP contribution is -2.24. The number of ether oxygens (including phenoxy) is 1. The molecule has 0 saturated heterocycles. The predicted octanol–water partition coefficient (Wildman–Crippen LogP) is 1.01. The number of esters is 1. The van der Waals surface area contributed by atoms with Crippen molar-refractivity contribution in [2.75, 3.05) is 6.61 Å². The van der Waals surface area contributed by atoms with Crippen molar-refractivity contribution >= 4 is 5.97 Å². The van der Waals surface area contributed by atoms with E-state index in [1.54, 1.807) is 6.92 Å². The summed E-state index contributed by atoms with van der Waals surface area (Å²) in [6.07, 6.45) is 5.05. The first-order chi connectivity index (χ1) is 8.22. The molecule has 0 bridgehead atoms. The van der Waals surface area contributed by atoms with Crippen LogP contribution in [0.2, 0.25) is 0 Å². The number of rotatable bonds is 3. The van der Waals surface area contributed by atoms with E-state index in [1.165, 1.54) is 11.1 Å². The summed E-state index contributed by atoms with van der Waals surface area (Å²) in [7, 11) is 0. The minimum Gasteiger partial charge on any atom is -0.465 e. The first-order valence-electron chi connectivity index (χ1n) is 6.18. The highest BCUT2D eigenvalue weighted by atomic mass is 16.5. The van der Waals surface area contributed by atoms with Crippen LogP contribution in [0.4, 0.5) is 0 Å². The molecular formula is C12H18N2O3. The van der Waals surface area contributed by atoms with Crippen LogP contribution in [-0.2, 0) is 28.9 Å². The molecule has 5 heteroatoms. The highest BCUT2D eigenvalue weighted by Crippen LogP contribution is 2.15. The molecule has 0 spiro atoms. The Morgan fingerprint density at radius 1 is 1.35 bits per heavy atom. The Kier molecular flexibility index (Phi) is 3.66. The van der Waals surface area contributed by atoms with E-state index >= 15 is 0 Å². The van der Waals surface area contributed by atoms with E-state index in [0.29, 0.717) is 6.61 Å². The van der Waals surface area contributed by atoms with Crippen molar-refractivity contribution in [3.05, 3.63) is 21.6 Å². The van der Waals surface area contributed by atoms with Gasteiger partial charge in [0.1, 0.15) is 6.54 Å². The number of hydrogen-bond acceptors (Lipinski definition) is 3. The number of hydrogen-bond donors (Lipinski definition) is 1. The molecule has 1 N–H and O–H groups in total. The number of aromatic amines is 1. The van der Waals surface area contributed by atoms with Crippen molar-refractivity contribution in [2.24, 2.45) is 0 Å². The maximum atomic E-state index is 12.0. The molecule has 17 heavy (non-hydrogen) atoms. The number of aromatic nitrogens is 2. The summed E-state index contributed by atoms with van der Waals surface area (Å²) >= 11 is 0. The van der Waals surface area contributed by atoms with Crippen LogP contribution in [0.3, 0.4) is 0 Å². The van der Waals surface area contributed by atoms with Gasteiger partial charge in [-0.25, -0.2) is 4.68 Å². The normalized spacial score (nSPS) is 15.1. The van der Waals surface area contributed by atoms with E-state index in [2.05, 4.69) is 5.10 Å². The van der Waals surface area contributed by atoms with Gasteiger partial charge in [-0.1, -0.05) is 6.42 Å². The lowest BCUT2D eigenvalue weighted by molar-refractivity contribution is -0.144. The lowest BCUT2D eigenvalue weighted by atomic mass is 10.1. The standard InChI is InChI=1S/C12H18N2O3/c1-2-17-11(15)8-14-12(16)9-6-4-3-5-7-10(9)13-14/h13H,2-8H2,1H3. The van der Waals surface area contributed by atoms with Gasteiger partial charge in [-0.15, -0.1) is 0 Å². The Morgan fingerprint density at radius 2 is 2.12 bits per heavy atom. The third-order valence-corrected chi connectivity index (χ3v) is 3.08.